The van der Waals surface area contributed by atoms with Gasteiger partial charge in [0.1, 0.15) is 0 Å². The first-order valence-electron chi connectivity index (χ1n) is 6.41. The maximum absolute atomic E-state index is 12.6. The molecule has 2 heterocycles. The molecule has 108 valence electrons. The third kappa shape index (κ3) is 1.70. The van der Waals surface area contributed by atoms with Crippen molar-refractivity contribution in [2.24, 2.45) is 5.10 Å². The molecular weight excluding hydrogens is 272 g/mol. The number of nitrogens with one attached hydrogen (secondary N) is 3. The van der Waals surface area contributed by atoms with E-state index in [-0.39, 0.29) is 5.57 Å². The molecular formula is C14H14N4O3. The average molecular weight is 286 g/mol. The highest BCUT2D eigenvalue weighted by atomic mass is 16.4. The average Bonchev–Trinajstić information content (AvgIpc) is 2.44. The number of carbonyl (C=O) groups is 2. The second-order valence-corrected chi connectivity index (χ2v) is 4.99. The SMILES string of the molecule is CC1=NNC(C)=C(C(=O)O)C12Nc1ccccc1NC2=O. The number of fused-ring (bicyclic) bond motifs is 1. The second-order valence-electron chi connectivity index (χ2n) is 4.99. The number of amides is 1. The molecule has 0 aromatic heterocycles. The van der Waals surface area contributed by atoms with Gasteiger partial charge in [0.15, 0.2) is 5.54 Å². The number of hydrazone groups is 1. The fourth-order valence-electron chi connectivity index (χ4n) is 2.70. The van der Waals surface area contributed by atoms with Crippen molar-refractivity contribution in [1.82, 2.24) is 5.43 Å². The van der Waals surface area contributed by atoms with Gasteiger partial charge in [-0.15, -0.1) is 0 Å². The summed E-state index contributed by atoms with van der Waals surface area (Å²) in [5, 5.41) is 19.4. The van der Waals surface area contributed by atoms with E-state index < -0.39 is 17.4 Å². The van der Waals surface area contributed by atoms with Crippen LogP contribution in [0.15, 0.2) is 40.6 Å². The molecule has 0 fully saturated rings. The monoisotopic (exact) mass is 286 g/mol. The number of rotatable bonds is 1. The van der Waals surface area contributed by atoms with Crippen LogP contribution in [0, 0.1) is 0 Å². The van der Waals surface area contributed by atoms with Gasteiger partial charge in [-0.1, -0.05) is 12.1 Å². The van der Waals surface area contributed by atoms with Crippen LogP contribution < -0.4 is 16.1 Å². The topological polar surface area (TPSA) is 103 Å². The number of carbonyl (C=O) groups excluding carboxylic acids is 1. The third-order valence-corrected chi connectivity index (χ3v) is 3.74. The predicted octanol–water partition coefficient (Wildman–Crippen LogP) is 1.13. The summed E-state index contributed by atoms with van der Waals surface area (Å²) < 4.78 is 0. The zero-order valence-corrected chi connectivity index (χ0v) is 11.5. The van der Waals surface area contributed by atoms with E-state index in [1.54, 1.807) is 32.0 Å². The minimum atomic E-state index is -1.50. The molecule has 4 N–H and O–H groups in total. The van der Waals surface area contributed by atoms with Gasteiger partial charge >= 0.3 is 5.97 Å². The number of carboxylic acid groups (broad SMARTS) is 1. The van der Waals surface area contributed by atoms with E-state index in [0.717, 1.165) is 0 Å². The van der Waals surface area contributed by atoms with Gasteiger partial charge in [-0.3, -0.25) is 10.2 Å². The summed E-state index contributed by atoms with van der Waals surface area (Å²) in [5.74, 6) is -1.63. The van der Waals surface area contributed by atoms with Gasteiger partial charge in [0, 0.05) is 5.70 Å². The van der Waals surface area contributed by atoms with Crippen LogP contribution >= 0.6 is 0 Å². The van der Waals surface area contributed by atoms with Crippen molar-refractivity contribution in [1.29, 1.82) is 0 Å². The molecule has 1 aromatic carbocycles. The molecule has 7 nitrogen and oxygen atoms in total. The minimum Gasteiger partial charge on any atom is -0.478 e. The quantitative estimate of drug-likeness (QED) is 0.619. The maximum Gasteiger partial charge on any atom is 0.336 e. The van der Waals surface area contributed by atoms with Gasteiger partial charge in [-0.05, 0) is 26.0 Å². The molecule has 21 heavy (non-hydrogen) atoms. The summed E-state index contributed by atoms with van der Waals surface area (Å²) in [5.41, 5.74) is 3.03. The molecule has 1 amide bonds. The van der Waals surface area contributed by atoms with Crippen molar-refractivity contribution in [3.05, 3.63) is 35.5 Å². The van der Waals surface area contributed by atoms with Crippen molar-refractivity contribution in [3.63, 3.8) is 0 Å². The summed E-state index contributed by atoms with van der Waals surface area (Å²) >= 11 is 0. The Kier molecular flexibility index (Phi) is 2.72. The van der Waals surface area contributed by atoms with Crippen LogP contribution in [0.5, 0.6) is 0 Å². The van der Waals surface area contributed by atoms with Gasteiger partial charge in [-0.2, -0.15) is 5.10 Å². The summed E-state index contributed by atoms with van der Waals surface area (Å²) in [6.45, 7) is 3.19. The highest BCUT2D eigenvalue weighted by molar-refractivity contribution is 6.28. The lowest BCUT2D eigenvalue weighted by atomic mass is 9.80. The molecule has 0 bridgehead atoms. The number of allylic oxidation sites excluding steroid dienone is 1. The number of hydrogen-bond donors (Lipinski definition) is 4. The number of carboxylic acids is 1. The first-order chi connectivity index (χ1) is 9.96. The summed E-state index contributed by atoms with van der Waals surface area (Å²) in [6, 6.07) is 7.13. The molecule has 1 atom stereocenters. The van der Waals surface area contributed by atoms with Gasteiger partial charge in [0.2, 0.25) is 0 Å². The minimum absolute atomic E-state index is 0.0537. The van der Waals surface area contributed by atoms with E-state index in [4.69, 9.17) is 0 Å². The zero-order valence-electron chi connectivity index (χ0n) is 11.5. The van der Waals surface area contributed by atoms with E-state index >= 15 is 0 Å². The Morgan fingerprint density at radius 2 is 1.90 bits per heavy atom. The molecule has 7 heteroatoms. The first-order valence-corrected chi connectivity index (χ1v) is 6.41. The summed E-state index contributed by atoms with van der Waals surface area (Å²) in [6.07, 6.45) is 0. The normalized spacial score (nSPS) is 23.7. The lowest BCUT2D eigenvalue weighted by Crippen LogP contribution is -2.62. The molecule has 0 radical (unpaired) electrons. The van der Waals surface area contributed by atoms with Crippen molar-refractivity contribution >= 4 is 29.0 Å². The van der Waals surface area contributed by atoms with Gasteiger partial charge in [0.25, 0.3) is 5.91 Å². The third-order valence-electron chi connectivity index (χ3n) is 3.74. The Balaban J connectivity index is 2.23. The number of benzene rings is 1. The maximum atomic E-state index is 12.6. The Labute approximate surface area is 120 Å². The number of anilines is 2. The zero-order chi connectivity index (χ0) is 15.2. The molecule has 2 aliphatic rings. The second kappa shape index (κ2) is 4.34. The molecule has 1 aromatic rings. The highest BCUT2D eigenvalue weighted by Gasteiger charge is 2.53. The Bertz CT molecular complexity index is 723. The van der Waals surface area contributed by atoms with Crippen LogP contribution in [0.25, 0.3) is 0 Å². The molecule has 0 aliphatic carbocycles. The Hall–Kier alpha value is -2.83. The van der Waals surface area contributed by atoms with Crippen LogP contribution in [0.1, 0.15) is 13.8 Å². The van der Waals surface area contributed by atoms with Gasteiger partial charge in [0.05, 0.1) is 22.7 Å². The number of aliphatic carboxylic acids is 1. The lowest BCUT2D eigenvalue weighted by molar-refractivity contribution is -0.134. The van der Waals surface area contributed by atoms with Crippen LogP contribution in [-0.2, 0) is 9.59 Å². The fourth-order valence-corrected chi connectivity index (χ4v) is 2.70. The number of nitrogens with zero attached hydrogens (tertiary/aromatic N) is 1. The smallest absolute Gasteiger partial charge is 0.336 e. The van der Waals surface area contributed by atoms with Crippen molar-refractivity contribution in [3.8, 4) is 0 Å². The fraction of sp³-hybridized carbons (Fsp3) is 0.214. The summed E-state index contributed by atoms with van der Waals surface area (Å²) in [4.78, 5) is 24.3. The largest absolute Gasteiger partial charge is 0.478 e. The van der Waals surface area contributed by atoms with Crippen LogP contribution in [0.3, 0.4) is 0 Å². The Morgan fingerprint density at radius 1 is 1.24 bits per heavy atom. The highest BCUT2D eigenvalue weighted by Crippen LogP contribution is 2.37. The van der Waals surface area contributed by atoms with Crippen LogP contribution in [0.2, 0.25) is 0 Å². The molecule has 1 unspecified atom stereocenters. The van der Waals surface area contributed by atoms with E-state index in [0.29, 0.717) is 22.8 Å². The van der Waals surface area contributed by atoms with Crippen molar-refractivity contribution < 1.29 is 14.7 Å². The molecule has 3 rings (SSSR count). The number of para-hydroxylation sites is 2. The summed E-state index contributed by atoms with van der Waals surface area (Å²) in [7, 11) is 0. The standard InChI is InChI=1S/C14H14N4O3/c1-7-11(12(19)20)14(8(2)18-17-7)13(21)15-9-5-3-4-6-10(9)16-14/h3-6,16-17H,1-2H3,(H,15,21)(H,19,20). The van der Waals surface area contributed by atoms with Crippen LogP contribution in [-0.4, -0.2) is 28.2 Å². The van der Waals surface area contributed by atoms with E-state index in [2.05, 4.69) is 21.2 Å². The van der Waals surface area contributed by atoms with Gasteiger partial charge in [-0.25, -0.2) is 4.79 Å². The predicted molar refractivity (Wildman–Crippen MR) is 78.0 cm³/mol. The van der Waals surface area contributed by atoms with E-state index in [9.17, 15) is 14.7 Å². The van der Waals surface area contributed by atoms with Crippen LogP contribution in [0.4, 0.5) is 11.4 Å². The Morgan fingerprint density at radius 3 is 2.57 bits per heavy atom. The van der Waals surface area contributed by atoms with E-state index in [1.165, 1.54) is 0 Å². The lowest BCUT2D eigenvalue weighted by Gasteiger charge is -2.41. The molecule has 1 spiro atoms. The molecule has 0 saturated heterocycles. The first kappa shape index (κ1) is 13.2. The molecule has 2 aliphatic heterocycles. The van der Waals surface area contributed by atoms with Gasteiger partial charge < -0.3 is 15.7 Å². The molecule has 0 saturated carbocycles. The van der Waals surface area contributed by atoms with E-state index in [1.807, 2.05) is 6.07 Å². The van der Waals surface area contributed by atoms with Crippen molar-refractivity contribution in [2.45, 2.75) is 19.4 Å². The van der Waals surface area contributed by atoms with Crippen molar-refractivity contribution in [2.75, 3.05) is 10.6 Å². The number of hydrogen-bond acceptors (Lipinski definition) is 5.